The molecule has 0 aliphatic heterocycles. The highest BCUT2D eigenvalue weighted by molar-refractivity contribution is 5.96. The number of hydrogen-bond donors (Lipinski definition) is 0. The van der Waals surface area contributed by atoms with Crippen molar-refractivity contribution in [1.82, 2.24) is 15.0 Å². The van der Waals surface area contributed by atoms with Gasteiger partial charge < -0.3 is 0 Å². The van der Waals surface area contributed by atoms with Crippen LogP contribution in [0, 0.1) is 0 Å². The van der Waals surface area contributed by atoms with Crippen LogP contribution in [0.1, 0.15) is 22.3 Å². The van der Waals surface area contributed by atoms with Crippen molar-refractivity contribution >= 4 is 0 Å². The number of benzene rings is 8. The molecule has 0 fully saturated rings. The van der Waals surface area contributed by atoms with Crippen LogP contribution in [-0.4, -0.2) is 15.0 Å². The van der Waals surface area contributed by atoms with Gasteiger partial charge in [-0.15, -0.1) is 0 Å². The maximum absolute atomic E-state index is 5.10. The zero-order valence-corrected chi connectivity index (χ0v) is 33.2. The summed E-state index contributed by atoms with van der Waals surface area (Å²) in [6.07, 6.45) is 3.65. The molecule has 2 aromatic heterocycles. The minimum Gasteiger partial charge on any atom is -0.265 e. The van der Waals surface area contributed by atoms with Crippen molar-refractivity contribution in [2.75, 3.05) is 0 Å². The number of pyridine rings is 1. The van der Waals surface area contributed by atoms with Gasteiger partial charge in [0.15, 0.2) is 5.82 Å². The van der Waals surface area contributed by atoms with Crippen molar-refractivity contribution in [2.24, 2.45) is 0 Å². The molecule has 1 spiro atoms. The molecule has 0 saturated carbocycles. The number of fused-ring (bicyclic) bond motifs is 10. The molecular formula is C58H37N3. The highest BCUT2D eigenvalue weighted by atomic mass is 14.9. The molecule has 10 aromatic rings. The van der Waals surface area contributed by atoms with Gasteiger partial charge in [0.25, 0.3) is 0 Å². The van der Waals surface area contributed by atoms with Crippen molar-refractivity contribution in [1.29, 1.82) is 0 Å². The van der Waals surface area contributed by atoms with E-state index in [4.69, 9.17) is 9.97 Å². The molecule has 12 rings (SSSR count). The first-order valence-electron chi connectivity index (χ1n) is 20.8. The molecule has 0 amide bonds. The highest BCUT2D eigenvalue weighted by Crippen LogP contribution is 2.63. The largest absolute Gasteiger partial charge is 0.265 e. The summed E-state index contributed by atoms with van der Waals surface area (Å²) < 4.78 is 0. The van der Waals surface area contributed by atoms with E-state index < -0.39 is 0 Å². The SMILES string of the molecule is c1ccc(-c2nc(-c3ccc(-c4ccncc4)cc3)cc(-c3ccc(-c4cccc(-c5ccc6c(c5)C5(c7ccccc7-c7ccccc75)c5ccccc5-6)c4)cc3)n2)cc1. The molecule has 0 atom stereocenters. The Bertz CT molecular complexity index is 3220. The Hall–Kier alpha value is -8.01. The first-order valence-corrected chi connectivity index (χ1v) is 20.8. The molecule has 0 bridgehead atoms. The van der Waals surface area contributed by atoms with E-state index in [2.05, 4.69) is 187 Å². The van der Waals surface area contributed by atoms with Crippen LogP contribution in [0.25, 0.3) is 89.5 Å². The van der Waals surface area contributed by atoms with Gasteiger partial charge in [-0.2, -0.15) is 0 Å². The molecule has 2 aliphatic rings. The normalized spacial score (nSPS) is 12.7. The van der Waals surface area contributed by atoms with E-state index in [1.54, 1.807) is 0 Å². The molecule has 3 nitrogen and oxygen atoms in total. The van der Waals surface area contributed by atoms with Gasteiger partial charge in [-0.05, 0) is 108 Å². The number of rotatable bonds is 6. The van der Waals surface area contributed by atoms with Crippen LogP contribution in [0.15, 0.2) is 225 Å². The molecule has 0 N–H and O–H groups in total. The number of aromatic nitrogens is 3. The summed E-state index contributed by atoms with van der Waals surface area (Å²) in [6, 6.07) is 76.8. The third kappa shape index (κ3) is 5.62. The van der Waals surface area contributed by atoms with Gasteiger partial charge in [0.1, 0.15) is 0 Å². The van der Waals surface area contributed by atoms with Gasteiger partial charge in [-0.25, -0.2) is 9.97 Å². The number of hydrogen-bond acceptors (Lipinski definition) is 3. The van der Waals surface area contributed by atoms with Crippen molar-refractivity contribution in [3.05, 3.63) is 247 Å². The monoisotopic (exact) mass is 775 g/mol. The smallest absolute Gasteiger partial charge is 0.160 e. The van der Waals surface area contributed by atoms with Crippen LogP contribution in [0.3, 0.4) is 0 Å². The van der Waals surface area contributed by atoms with Crippen LogP contribution in [0.4, 0.5) is 0 Å². The molecule has 284 valence electrons. The standard InChI is InChI=1S/C58H37N3/c1-2-11-43(12-3-1)57-60-55(41-25-21-38(22-26-41)40-31-33-59-34-32-40)37-56(61-57)42-27-23-39(24-28-42)44-13-10-14-45(35-44)46-29-30-50-49-17-6-9-20-53(49)58(54(50)36-46)51-18-7-4-15-47(51)48-16-5-8-19-52(48)58/h1-37H. The zero-order valence-electron chi connectivity index (χ0n) is 33.2. The topological polar surface area (TPSA) is 38.7 Å². The second kappa shape index (κ2) is 14.1. The first-order chi connectivity index (χ1) is 30.2. The Morgan fingerprint density at radius 2 is 0.672 bits per heavy atom. The Kier molecular flexibility index (Phi) is 8.07. The van der Waals surface area contributed by atoms with Gasteiger partial charge in [0.05, 0.1) is 16.8 Å². The minimum absolute atomic E-state index is 0.368. The van der Waals surface area contributed by atoms with Crippen molar-refractivity contribution in [3.63, 3.8) is 0 Å². The Morgan fingerprint density at radius 3 is 1.25 bits per heavy atom. The molecule has 0 radical (unpaired) electrons. The average molecular weight is 776 g/mol. The fourth-order valence-corrected chi connectivity index (χ4v) is 9.82. The molecule has 3 heteroatoms. The third-order valence-corrected chi connectivity index (χ3v) is 12.7. The van der Waals surface area contributed by atoms with Gasteiger partial charge in [0.2, 0.25) is 0 Å². The molecule has 2 heterocycles. The lowest BCUT2D eigenvalue weighted by Crippen LogP contribution is -2.25. The quantitative estimate of drug-likeness (QED) is 0.169. The van der Waals surface area contributed by atoms with E-state index >= 15 is 0 Å². The Morgan fingerprint density at radius 1 is 0.262 bits per heavy atom. The second-order valence-electron chi connectivity index (χ2n) is 15.9. The predicted octanol–water partition coefficient (Wildman–Crippen LogP) is 14.2. The van der Waals surface area contributed by atoms with Gasteiger partial charge in [-0.3, -0.25) is 4.98 Å². The highest BCUT2D eigenvalue weighted by Gasteiger charge is 2.51. The van der Waals surface area contributed by atoms with Gasteiger partial charge >= 0.3 is 0 Å². The van der Waals surface area contributed by atoms with Crippen LogP contribution < -0.4 is 0 Å². The van der Waals surface area contributed by atoms with Crippen LogP contribution in [0.2, 0.25) is 0 Å². The van der Waals surface area contributed by atoms with Crippen LogP contribution >= 0.6 is 0 Å². The minimum atomic E-state index is -0.368. The van der Waals surface area contributed by atoms with Crippen LogP contribution in [-0.2, 0) is 5.41 Å². The Labute approximate surface area is 355 Å². The fourth-order valence-electron chi connectivity index (χ4n) is 9.82. The third-order valence-electron chi connectivity index (χ3n) is 12.7. The maximum Gasteiger partial charge on any atom is 0.160 e. The maximum atomic E-state index is 5.10. The van der Waals surface area contributed by atoms with Crippen molar-refractivity contribution < 1.29 is 0 Å². The first kappa shape index (κ1) is 35.0. The van der Waals surface area contributed by atoms with Crippen molar-refractivity contribution in [2.45, 2.75) is 5.41 Å². The van der Waals surface area contributed by atoms with E-state index in [1.807, 2.05) is 42.7 Å². The molecule has 0 unspecified atom stereocenters. The zero-order chi connectivity index (χ0) is 40.3. The van der Waals surface area contributed by atoms with E-state index in [0.717, 1.165) is 44.8 Å². The van der Waals surface area contributed by atoms with E-state index in [9.17, 15) is 0 Å². The lowest BCUT2D eigenvalue weighted by Gasteiger charge is -2.30. The summed E-state index contributed by atoms with van der Waals surface area (Å²) in [6.45, 7) is 0. The van der Waals surface area contributed by atoms with Crippen molar-refractivity contribution in [3.8, 4) is 89.5 Å². The lowest BCUT2D eigenvalue weighted by molar-refractivity contribution is 0.794. The summed E-state index contributed by atoms with van der Waals surface area (Å²) in [5, 5.41) is 0. The number of nitrogens with zero attached hydrogens (tertiary/aromatic N) is 3. The second-order valence-corrected chi connectivity index (χ2v) is 15.9. The lowest BCUT2D eigenvalue weighted by atomic mass is 9.70. The molecule has 61 heavy (non-hydrogen) atoms. The predicted molar refractivity (Wildman–Crippen MR) is 249 cm³/mol. The van der Waals surface area contributed by atoms with Gasteiger partial charge in [0, 0.05) is 29.1 Å². The molecule has 8 aromatic carbocycles. The van der Waals surface area contributed by atoms with E-state index in [1.165, 1.54) is 61.2 Å². The van der Waals surface area contributed by atoms with Gasteiger partial charge in [-0.1, -0.05) is 182 Å². The summed E-state index contributed by atoms with van der Waals surface area (Å²) in [7, 11) is 0. The summed E-state index contributed by atoms with van der Waals surface area (Å²) >= 11 is 0. The molecule has 2 aliphatic carbocycles. The summed E-state index contributed by atoms with van der Waals surface area (Å²) in [5.74, 6) is 0.701. The molecule has 0 saturated heterocycles. The van der Waals surface area contributed by atoms with E-state index in [-0.39, 0.29) is 5.41 Å². The van der Waals surface area contributed by atoms with Crippen LogP contribution in [0.5, 0.6) is 0 Å². The van der Waals surface area contributed by atoms with E-state index in [0.29, 0.717) is 5.82 Å². The summed E-state index contributed by atoms with van der Waals surface area (Å²) in [4.78, 5) is 14.3. The average Bonchev–Trinajstić information content (AvgIpc) is 3.82. The Balaban J connectivity index is 0.907. The fraction of sp³-hybridized carbons (Fsp3) is 0.0172. The molecular weight excluding hydrogens is 739 g/mol. The summed E-state index contributed by atoms with van der Waals surface area (Å²) in [5.41, 5.74) is 22.1.